The molecule has 0 spiro atoms. The number of ether oxygens (including phenoxy) is 2. The predicted molar refractivity (Wildman–Crippen MR) is 105 cm³/mol. The van der Waals surface area contributed by atoms with E-state index in [-0.39, 0.29) is 35.3 Å². The van der Waals surface area contributed by atoms with Crippen molar-refractivity contribution in [3.8, 4) is 11.5 Å². The highest BCUT2D eigenvalue weighted by Crippen LogP contribution is 2.28. The lowest BCUT2D eigenvalue weighted by Crippen LogP contribution is -2.42. The van der Waals surface area contributed by atoms with Crippen molar-refractivity contribution in [1.82, 2.24) is 10.9 Å². The van der Waals surface area contributed by atoms with Gasteiger partial charge < -0.3 is 15.2 Å². The molecule has 2 aromatic rings. The molecule has 2 rings (SSSR count). The Morgan fingerprint density at radius 3 is 2.39 bits per heavy atom. The van der Waals surface area contributed by atoms with Crippen LogP contribution in [0.15, 0.2) is 47.4 Å². The van der Waals surface area contributed by atoms with Crippen LogP contribution in [0.25, 0.3) is 0 Å². The summed E-state index contributed by atoms with van der Waals surface area (Å²) in [4.78, 5) is 35.9. The van der Waals surface area contributed by atoms with Gasteiger partial charge in [0.05, 0.1) is 12.9 Å². The molecule has 0 aliphatic rings. The fourth-order valence-electron chi connectivity index (χ4n) is 2.10. The summed E-state index contributed by atoms with van der Waals surface area (Å²) in [5, 5.41) is 0. The number of amides is 3. The third kappa shape index (κ3) is 6.51. The number of nitrogens with two attached hydrogens (primary N) is 1. The number of nitrogens with one attached hydrogen (secondary N) is 2. The minimum Gasteiger partial charge on any atom is -0.493 e. The second kappa shape index (κ2) is 10.2. The van der Waals surface area contributed by atoms with Crippen molar-refractivity contribution in [3.05, 3.63) is 53.6 Å². The third-order valence-electron chi connectivity index (χ3n) is 3.50. The quantitative estimate of drug-likeness (QED) is 0.453. The average Bonchev–Trinajstić information content (AvgIpc) is 2.69. The van der Waals surface area contributed by atoms with Gasteiger partial charge in [-0.2, -0.15) is 0 Å². The summed E-state index contributed by atoms with van der Waals surface area (Å²) in [6.45, 7) is 1.68. The summed E-state index contributed by atoms with van der Waals surface area (Å²) >= 11 is 1.36. The van der Waals surface area contributed by atoms with Gasteiger partial charge in [-0.25, -0.2) is 0 Å². The number of aryl methyl sites for hydroxylation is 1. The largest absolute Gasteiger partial charge is 0.493 e. The highest BCUT2D eigenvalue weighted by atomic mass is 32.2. The molecule has 4 N–H and O–H groups in total. The Kier molecular flexibility index (Phi) is 7.70. The van der Waals surface area contributed by atoms with E-state index in [1.54, 1.807) is 0 Å². The van der Waals surface area contributed by atoms with Gasteiger partial charge in [-0.05, 0) is 37.3 Å². The number of methoxy groups -OCH3 is 1. The number of primary amides is 1. The van der Waals surface area contributed by atoms with Crippen molar-refractivity contribution in [2.24, 2.45) is 5.73 Å². The second-order valence-corrected chi connectivity index (χ2v) is 6.77. The molecule has 148 valence electrons. The van der Waals surface area contributed by atoms with Crippen LogP contribution in [0.1, 0.15) is 15.9 Å². The summed E-state index contributed by atoms with van der Waals surface area (Å²) in [7, 11) is 1.40. The number of hydrazine groups is 1. The van der Waals surface area contributed by atoms with Crippen LogP contribution in [-0.2, 0) is 9.59 Å². The molecule has 0 saturated heterocycles. The zero-order valence-corrected chi connectivity index (χ0v) is 16.3. The molecule has 8 nitrogen and oxygen atoms in total. The zero-order chi connectivity index (χ0) is 20.5. The van der Waals surface area contributed by atoms with Crippen molar-refractivity contribution in [2.45, 2.75) is 11.8 Å². The normalized spacial score (nSPS) is 10.1. The lowest BCUT2D eigenvalue weighted by atomic mass is 10.2. The maximum Gasteiger partial charge on any atom is 0.269 e. The van der Waals surface area contributed by atoms with E-state index in [4.69, 9.17) is 15.2 Å². The summed E-state index contributed by atoms with van der Waals surface area (Å²) in [6.07, 6.45) is 0. The molecule has 0 bridgehead atoms. The van der Waals surface area contributed by atoms with E-state index in [0.717, 1.165) is 10.5 Å². The Hall–Kier alpha value is -3.20. The van der Waals surface area contributed by atoms with E-state index in [1.165, 1.54) is 37.1 Å². The van der Waals surface area contributed by atoms with E-state index in [0.29, 0.717) is 0 Å². The molecule has 0 radical (unpaired) electrons. The molecule has 0 heterocycles. The third-order valence-corrected chi connectivity index (χ3v) is 4.51. The smallest absolute Gasteiger partial charge is 0.269 e. The van der Waals surface area contributed by atoms with Crippen LogP contribution in [0.4, 0.5) is 0 Å². The molecular formula is C19H21N3O5S. The molecule has 0 aromatic heterocycles. The summed E-state index contributed by atoms with van der Waals surface area (Å²) in [5.41, 5.74) is 11.1. The molecule has 3 amide bonds. The van der Waals surface area contributed by atoms with Gasteiger partial charge >= 0.3 is 0 Å². The minimum absolute atomic E-state index is 0.159. The number of carbonyl (C=O) groups excluding carboxylic acids is 3. The highest BCUT2D eigenvalue weighted by Gasteiger charge is 2.13. The lowest BCUT2D eigenvalue weighted by molar-refractivity contribution is -0.120. The molecule has 0 fully saturated rings. The predicted octanol–water partition coefficient (Wildman–Crippen LogP) is 1.42. The first-order valence-electron chi connectivity index (χ1n) is 8.27. The second-order valence-electron chi connectivity index (χ2n) is 5.72. The molecule has 0 aliphatic heterocycles. The number of carbonyl (C=O) groups is 3. The Morgan fingerprint density at radius 2 is 1.75 bits per heavy atom. The van der Waals surface area contributed by atoms with Crippen LogP contribution in [-0.4, -0.2) is 37.2 Å². The molecule has 0 atom stereocenters. The zero-order valence-electron chi connectivity index (χ0n) is 15.5. The molecule has 2 aromatic carbocycles. The van der Waals surface area contributed by atoms with Gasteiger partial charge in [0.2, 0.25) is 5.91 Å². The van der Waals surface area contributed by atoms with Crippen molar-refractivity contribution in [1.29, 1.82) is 0 Å². The lowest BCUT2D eigenvalue weighted by Gasteiger charge is -2.12. The van der Waals surface area contributed by atoms with Gasteiger partial charge in [-0.1, -0.05) is 17.7 Å². The van der Waals surface area contributed by atoms with Gasteiger partial charge in [0.15, 0.2) is 18.1 Å². The van der Waals surface area contributed by atoms with Gasteiger partial charge in [0.25, 0.3) is 11.8 Å². The summed E-state index contributed by atoms with van der Waals surface area (Å²) in [5.74, 6) is -0.797. The van der Waals surface area contributed by atoms with Crippen molar-refractivity contribution >= 4 is 29.5 Å². The Labute approximate surface area is 166 Å². The van der Waals surface area contributed by atoms with Crippen LogP contribution in [0, 0.1) is 6.92 Å². The van der Waals surface area contributed by atoms with E-state index in [9.17, 15) is 14.4 Å². The van der Waals surface area contributed by atoms with E-state index < -0.39 is 11.8 Å². The van der Waals surface area contributed by atoms with Crippen molar-refractivity contribution < 1.29 is 23.9 Å². The molecular weight excluding hydrogens is 382 g/mol. The van der Waals surface area contributed by atoms with E-state index in [2.05, 4.69) is 10.9 Å². The summed E-state index contributed by atoms with van der Waals surface area (Å²) in [6, 6.07) is 12.2. The van der Waals surface area contributed by atoms with Gasteiger partial charge in [0, 0.05) is 10.5 Å². The van der Waals surface area contributed by atoms with E-state index >= 15 is 0 Å². The van der Waals surface area contributed by atoms with Crippen molar-refractivity contribution in [2.75, 3.05) is 19.5 Å². The van der Waals surface area contributed by atoms with Gasteiger partial charge in [-0.3, -0.25) is 25.2 Å². The number of hydrogen-bond acceptors (Lipinski definition) is 6. The van der Waals surface area contributed by atoms with Crippen LogP contribution in [0.5, 0.6) is 11.5 Å². The van der Waals surface area contributed by atoms with Crippen LogP contribution < -0.4 is 26.1 Å². The number of hydrogen-bond donors (Lipinski definition) is 3. The van der Waals surface area contributed by atoms with Crippen LogP contribution >= 0.6 is 11.8 Å². The standard InChI is InChI=1S/C19H21N3O5S/c1-12-3-6-14(7-4-12)28-11-18(24)21-22-19(25)13-5-8-15(16(9-13)26-2)27-10-17(20)23/h3-9H,10-11H2,1-2H3,(H2,20,23)(H,21,24)(H,22,25). The SMILES string of the molecule is COc1cc(C(=O)NNC(=O)CSc2ccc(C)cc2)ccc1OCC(N)=O. The number of benzene rings is 2. The maximum atomic E-state index is 12.2. The van der Waals surface area contributed by atoms with Crippen molar-refractivity contribution in [3.63, 3.8) is 0 Å². The Balaban J connectivity index is 1.86. The minimum atomic E-state index is -0.630. The molecule has 28 heavy (non-hydrogen) atoms. The Morgan fingerprint density at radius 1 is 1.04 bits per heavy atom. The first-order chi connectivity index (χ1) is 13.4. The molecule has 0 unspecified atom stereocenters. The monoisotopic (exact) mass is 403 g/mol. The van der Waals surface area contributed by atoms with Crippen LogP contribution in [0.2, 0.25) is 0 Å². The molecule has 9 heteroatoms. The number of rotatable bonds is 8. The molecule has 0 aliphatic carbocycles. The average molecular weight is 403 g/mol. The van der Waals surface area contributed by atoms with E-state index in [1.807, 2.05) is 31.2 Å². The fourth-order valence-corrected chi connectivity index (χ4v) is 2.79. The topological polar surface area (TPSA) is 120 Å². The first-order valence-corrected chi connectivity index (χ1v) is 9.25. The van der Waals surface area contributed by atoms with Gasteiger partial charge in [-0.15, -0.1) is 11.8 Å². The molecule has 0 saturated carbocycles. The first kappa shape index (κ1) is 21.1. The maximum absolute atomic E-state index is 12.2. The Bertz CT molecular complexity index is 855. The fraction of sp³-hybridized carbons (Fsp3) is 0.211. The number of thioether (sulfide) groups is 1. The van der Waals surface area contributed by atoms with Crippen LogP contribution in [0.3, 0.4) is 0 Å². The highest BCUT2D eigenvalue weighted by molar-refractivity contribution is 8.00. The summed E-state index contributed by atoms with van der Waals surface area (Å²) < 4.78 is 10.3. The van der Waals surface area contributed by atoms with Gasteiger partial charge in [0.1, 0.15) is 0 Å².